The molecule has 1 aromatic carbocycles. The molecule has 0 bridgehead atoms. The van der Waals surface area contributed by atoms with Crippen molar-refractivity contribution in [1.82, 2.24) is 10.2 Å². The quantitative estimate of drug-likeness (QED) is 0.530. The maximum Gasteiger partial charge on any atom is 0.317 e. The van der Waals surface area contributed by atoms with Gasteiger partial charge in [0, 0.05) is 44.3 Å². The fourth-order valence-corrected chi connectivity index (χ4v) is 3.14. The third kappa shape index (κ3) is 6.86. The Bertz CT molecular complexity index is 593. The Balaban J connectivity index is 1.68. The van der Waals surface area contributed by atoms with Crippen LogP contribution in [0.25, 0.3) is 0 Å². The van der Waals surface area contributed by atoms with Gasteiger partial charge in [0.15, 0.2) is 5.78 Å². The third-order valence-corrected chi connectivity index (χ3v) is 4.72. The van der Waals surface area contributed by atoms with Crippen LogP contribution in [0.3, 0.4) is 0 Å². The molecular weight excluding hydrogens is 344 g/mol. The summed E-state index contributed by atoms with van der Waals surface area (Å²) in [7, 11) is 1.61. The maximum absolute atomic E-state index is 12.6. The van der Waals surface area contributed by atoms with Gasteiger partial charge in [-0.1, -0.05) is 13.8 Å². The number of likely N-dealkylation sites (tertiary alicyclic amines) is 1. The molecule has 1 heterocycles. The number of rotatable bonds is 9. The second-order valence-corrected chi connectivity index (χ2v) is 7.41. The molecule has 27 heavy (non-hydrogen) atoms. The number of hydrogen-bond donors (Lipinski definition) is 1. The van der Waals surface area contributed by atoms with Crippen LogP contribution in [0.15, 0.2) is 24.3 Å². The van der Waals surface area contributed by atoms with E-state index in [1.165, 1.54) is 0 Å². The lowest BCUT2D eigenvalue weighted by Crippen LogP contribution is -2.45. The van der Waals surface area contributed by atoms with Crippen molar-refractivity contribution in [3.63, 3.8) is 0 Å². The molecule has 1 saturated heterocycles. The highest BCUT2D eigenvalue weighted by Crippen LogP contribution is 2.23. The lowest BCUT2D eigenvalue weighted by molar-refractivity contribution is 0.0853. The van der Waals surface area contributed by atoms with Crippen LogP contribution in [0.1, 0.15) is 43.5 Å². The number of Topliss-reactive ketones (excluding diaryl/α,β-unsaturated/α-hetero) is 1. The van der Waals surface area contributed by atoms with Crippen molar-refractivity contribution >= 4 is 11.8 Å². The molecule has 0 spiro atoms. The maximum atomic E-state index is 12.6. The third-order valence-electron chi connectivity index (χ3n) is 4.72. The Morgan fingerprint density at radius 1 is 1.19 bits per heavy atom. The second-order valence-electron chi connectivity index (χ2n) is 7.41. The van der Waals surface area contributed by atoms with Crippen molar-refractivity contribution in [2.24, 2.45) is 11.8 Å². The molecule has 1 N–H and O–H groups in total. The summed E-state index contributed by atoms with van der Waals surface area (Å²) in [4.78, 5) is 26.7. The summed E-state index contributed by atoms with van der Waals surface area (Å²) < 4.78 is 10.6. The van der Waals surface area contributed by atoms with E-state index in [2.05, 4.69) is 19.2 Å². The van der Waals surface area contributed by atoms with Gasteiger partial charge in [-0.3, -0.25) is 4.79 Å². The van der Waals surface area contributed by atoms with Crippen molar-refractivity contribution < 1.29 is 19.1 Å². The zero-order valence-electron chi connectivity index (χ0n) is 16.7. The van der Waals surface area contributed by atoms with E-state index >= 15 is 0 Å². The monoisotopic (exact) mass is 376 g/mol. The molecule has 1 fully saturated rings. The molecule has 150 valence electrons. The molecule has 2 amide bonds. The van der Waals surface area contributed by atoms with Gasteiger partial charge in [0.1, 0.15) is 5.75 Å². The highest BCUT2D eigenvalue weighted by atomic mass is 16.5. The Hall–Kier alpha value is -2.08. The number of urea groups is 1. The van der Waals surface area contributed by atoms with E-state index in [9.17, 15) is 9.59 Å². The average Bonchev–Trinajstić information content (AvgIpc) is 2.70. The number of ketones is 1. The lowest BCUT2D eigenvalue weighted by Gasteiger charge is -2.31. The van der Waals surface area contributed by atoms with E-state index < -0.39 is 0 Å². The van der Waals surface area contributed by atoms with Gasteiger partial charge in [0.2, 0.25) is 0 Å². The topological polar surface area (TPSA) is 67.9 Å². The van der Waals surface area contributed by atoms with Gasteiger partial charge in [-0.25, -0.2) is 4.79 Å². The van der Waals surface area contributed by atoms with E-state index in [0.29, 0.717) is 50.6 Å². The molecule has 0 unspecified atom stereocenters. The number of carbonyl (C=O) groups excluding carboxylic acids is 2. The van der Waals surface area contributed by atoms with Crippen molar-refractivity contribution in [2.75, 3.05) is 40.0 Å². The minimum atomic E-state index is -0.0470. The van der Waals surface area contributed by atoms with Crippen LogP contribution in [-0.4, -0.2) is 56.7 Å². The van der Waals surface area contributed by atoms with Crippen molar-refractivity contribution in [3.05, 3.63) is 29.8 Å². The number of benzene rings is 1. The van der Waals surface area contributed by atoms with E-state index in [1.54, 1.807) is 24.1 Å². The van der Waals surface area contributed by atoms with Crippen LogP contribution >= 0.6 is 0 Å². The van der Waals surface area contributed by atoms with Crippen molar-refractivity contribution in [3.8, 4) is 5.75 Å². The lowest BCUT2D eigenvalue weighted by atomic mass is 9.89. The summed E-state index contributed by atoms with van der Waals surface area (Å²) >= 11 is 0. The minimum absolute atomic E-state index is 0.0214. The number of methoxy groups -OCH3 is 1. The van der Waals surface area contributed by atoms with Crippen LogP contribution in [0, 0.1) is 11.8 Å². The van der Waals surface area contributed by atoms with Gasteiger partial charge >= 0.3 is 6.03 Å². The van der Waals surface area contributed by atoms with Crippen LogP contribution in [0.2, 0.25) is 0 Å². The number of piperidine rings is 1. The standard InChI is InChI=1S/C21H32N2O4/c1-16(2)15-27-14-4-11-22-21(25)23-12-9-18(10-13-23)20(24)17-5-7-19(26-3)8-6-17/h5-8,16,18H,4,9-15H2,1-3H3,(H,22,25). The normalized spacial score (nSPS) is 15.0. The fourth-order valence-electron chi connectivity index (χ4n) is 3.14. The van der Waals surface area contributed by atoms with Crippen LogP contribution in [0.4, 0.5) is 4.79 Å². The zero-order valence-corrected chi connectivity index (χ0v) is 16.7. The highest BCUT2D eigenvalue weighted by molar-refractivity contribution is 5.98. The molecule has 6 heteroatoms. The Morgan fingerprint density at radius 3 is 2.44 bits per heavy atom. The van der Waals surface area contributed by atoms with Gasteiger partial charge in [0.05, 0.1) is 7.11 Å². The highest BCUT2D eigenvalue weighted by Gasteiger charge is 2.27. The summed E-state index contributed by atoms with van der Waals surface area (Å²) in [5.74, 6) is 1.40. The molecule has 0 radical (unpaired) electrons. The Kier molecular flexibility index (Phi) is 8.58. The predicted molar refractivity (Wildman–Crippen MR) is 105 cm³/mol. The largest absolute Gasteiger partial charge is 0.497 e. The van der Waals surface area contributed by atoms with E-state index in [-0.39, 0.29) is 17.7 Å². The molecular formula is C21H32N2O4. The van der Waals surface area contributed by atoms with E-state index in [0.717, 1.165) is 18.8 Å². The molecule has 1 aliphatic rings. The zero-order chi connectivity index (χ0) is 19.6. The van der Waals surface area contributed by atoms with Gasteiger partial charge in [-0.15, -0.1) is 0 Å². The first-order valence-electron chi connectivity index (χ1n) is 9.80. The molecule has 2 rings (SSSR count). The van der Waals surface area contributed by atoms with Crippen LogP contribution < -0.4 is 10.1 Å². The Labute approximate surface area is 162 Å². The number of ether oxygens (including phenoxy) is 2. The van der Waals surface area contributed by atoms with Crippen LogP contribution in [0.5, 0.6) is 5.75 Å². The molecule has 0 aromatic heterocycles. The molecule has 1 aromatic rings. The average molecular weight is 376 g/mol. The summed E-state index contributed by atoms with van der Waals surface area (Å²) in [6.07, 6.45) is 2.22. The first-order chi connectivity index (χ1) is 13.0. The number of carbonyl (C=O) groups is 2. The van der Waals surface area contributed by atoms with Gasteiger partial charge in [0.25, 0.3) is 0 Å². The van der Waals surface area contributed by atoms with Gasteiger partial charge in [-0.2, -0.15) is 0 Å². The summed E-state index contributed by atoms with van der Waals surface area (Å²) in [6.45, 7) is 7.49. The minimum Gasteiger partial charge on any atom is -0.497 e. The SMILES string of the molecule is COc1ccc(C(=O)C2CCN(C(=O)NCCCOCC(C)C)CC2)cc1. The Morgan fingerprint density at radius 2 is 1.85 bits per heavy atom. The van der Waals surface area contributed by atoms with E-state index in [1.807, 2.05) is 12.1 Å². The number of amides is 2. The smallest absolute Gasteiger partial charge is 0.317 e. The van der Waals surface area contributed by atoms with Crippen molar-refractivity contribution in [2.45, 2.75) is 33.1 Å². The molecule has 0 atom stereocenters. The first-order valence-corrected chi connectivity index (χ1v) is 9.80. The first kappa shape index (κ1) is 21.2. The summed E-state index contributed by atoms with van der Waals surface area (Å²) in [5, 5.41) is 2.94. The molecule has 0 saturated carbocycles. The van der Waals surface area contributed by atoms with Gasteiger partial charge < -0.3 is 19.7 Å². The van der Waals surface area contributed by atoms with Gasteiger partial charge in [-0.05, 0) is 49.4 Å². The molecule has 6 nitrogen and oxygen atoms in total. The fraction of sp³-hybridized carbons (Fsp3) is 0.619. The summed E-state index contributed by atoms with van der Waals surface area (Å²) in [5.41, 5.74) is 0.708. The summed E-state index contributed by atoms with van der Waals surface area (Å²) in [6, 6.07) is 7.18. The van der Waals surface area contributed by atoms with Crippen molar-refractivity contribution in [1.29, 1.82) is 0 Å². The molecule has 1 aliphatic heterocycles. The predicted octanol–water partition coefficient (Wildman–Crippen LogP) is 3.36. The second kappa shape index (κ2) is 10.9. The number of nitrogens with one attached hydrogen (secondary N) is 1. The molecule has 0 aliphatic carbocycles. The number of hydrogen-bond acceptors (Lipinski definition) is 4. The van der Waals surface area contributed by atoms with E-state index in [4.69, 9.17) is 9.47 Å². The number of nitrogens with zero attached hydrogens (tertiary/aromatic N) is 1. The van der Waals surface area contributed by atoms with Crippen LogP contribution in [-0.2, 0) is 4.74 Å².